The normalized spacial score (nSPS) is 23.6. The van der Waals surface area contributed by atoms with Gasteiger partial charge >= 0.3 is 6.18 Å². The van der Waals surface area contributed by atoms with Gasteiger partial charge in [0, 0.05) is 25.7 Å². The van der Waals surface area contributed by atoms with Crippen LogP contribution >= 0.6 is 24.8 Å². The maximum Gasteiger partial charge on any atom is 0.401 e. The molecular weight excluding hydrogens is 240 g/mol. The number of rotatable bonds is 1. The molecular formula is C7H15Cl2F3N2. The van der Waals surface area contributed by atoms with E-state index in [0.29, 0.717) is 19.6 Å². The lowest BCUT2D eigenvalue weighted by Gasteiger charge is -2.34. The Labute approximate surface area is 94.0 Å². The van der Waals surface area contributed by atoms with Crippen molar-refractivity contribution in [3.8, 4) is 0 Å². The molecule has 0 saturated carbocycles. The predicted molar refractivity (Wildman–Crippen MR) is 54.5 cm³/mol. The van der Waals surface area contributed by atoms with Crippen LogP contribution in [0.2, 0.25) is 0 Å². The molecule has 0 bridgehead atoms. The van der Waals surface area contributed by atoms with Gasteiger partial charge in [0.15, 0.2) is 0 Å². The minimum atomic E-state index is -4.06. The molecule has 0 spiro atoms. The number of hydrogen-bond acceptors (Lipinski definition) is 2. The van der Waals surface area contributed by atoms with Crippen LogP contribution < -0.4 is 5.32 Å². The fourth-order valence-electron chi connectivity index (χ4n) is 1.35. The molecule has 1 heterocycles. The van der Waals surface area contributed by atoms with Gasteiger partial charge in [-0.2, -0.15) is 13.2 Å². The zero-order valence-corrected chi connectivity index (χ0v) is 9.44. The summed E-state index contributed by atoms with van der Waals surface area (Å²) in [5, 5.41) is 3.04. The predicted octanol–water partition coefficient (Wildman–Crippen LogP) is 1.69. The van der Waals surface area contributed by atoms with Gasteiger partial charge in [-0.05, 0) is 6.92 Å². The first-order valence-corrected chi connectivity index (χ1v) is 4.00. The molecule has 14 heavy (non-hydrogen) atoms. The monoisotopic (exact) mass is 254 g/mol. The number of piperazine rings is 1. The molecule has 0 aromatic carbocycles. The van der Waals surface area contributed by atoms with E-state index in [4.69, 9.17) is 0 Å². The fraction of sp³-hybridized carbons (Fsp3) is 1.00. The quantitative estimate of drug-likeness (QED) is 0.767. The summed E-state index contributed by atoms with van der Waals surface area (Å²) in [6.07, 6.45) is -4.06. The van der Waals surface area contributed by atoms with Crippen LogP contribution in [-0.4, -0.2) is 43.3 Å². The lowest BCUT2D eigenvalue weighted by Crippen LogP contribution is -2.52. The van der Waals surface area contributed by atoms with Crippen molar-refractivity contribution >= 4 is 24.8 Å². The lowest BCUT2D eigenvalue weighted by molar-refractivity contribution is -0.151. The van der Waals surface area contributed by atoms with Crippen molar-refractivity contribution in [1.29, 1.82) is 0 Å². The number of nitrogens with zero attached hydrogens (tertiary/aromatic N) is 1. The van der Waals surface area contributed by atoms with E-state index in [0.717, 1.165) is 0 Å². The summed E-state index contributed by atoms with van der Waals surface area (Å²) in [7, 11) is 0. The highest BCUT2D eigenvalue weighted by atomic mass is 35.5. The highest BCUT2D eigenvalue weighted by Crippen LogP contribution is 2.18. The second-order valence-electron chi connectivity index (χ2n) is 3.14. The zero-order chi connectivity index (χ0) is 9.19. The van der Waals surface area contributed by atoms with Gasteiger partial charge in [-0.15, -0.1) is 24.8 Å². The zero-order valence-electron chi connectivity index (χ0n) is 7.80. The van der Waals surface area contributed by atoms with Crippen LogP contribution in [0.1, 0.15) is 6.92 Å². The van der Waals surface area contributed by atoms with Crippen molar-refractivity contribution in [1.82, 2.24) is 10.2 Å². The van der Waals surface area contributed by atoms with Crippen molar-refractivity contribution in [2.45, 2.75) is 19.1 Å². The molecule has 1 saturated heterocycles. The van der Waals surface area contributed by atoms with Crippen LogP contribution in [0.15, 0.2) is 0 Å². The first-order valence-electron chi connectivity index (χ1n) is 4.00. The molecule has 1 atom stereocenters. The molecule has 0 radical (unpaired) electrons. The van der Waals surface area contributed by atoms with Gasteiger partial charge in [-0.3, -0.25) is 4.90 Å². The maximum atomic E-state index is 12.0. The van der Waals surface area contributed by atoms with Gasteiger partial charge in [0.25, 0.3) is 0 Å². The summed E-state index contributed by atoms with van der Waals surface area (Å²) in [5.41, 5.74) is 0. The number of hydrogen-bond donors (Lipinski definition) is 1. The van der Waals surface area contributed by atoms with Crippen LogP contribution in [0.3, 0.4) is 0 Å². The Morgan fingerprint density at radius 3 is 2.36 bits per heavy atom. The van der Waals surface area contributed by atoms with Crippen LogP contribution in [0, 0.1) is 0 Å². The first-order chi connectivity index (χ1) is 5.49. The lowest BCUT2D eigenvalue weighted by atomic mass is 10.2. The van der Waals surface area contributed by atoms with Crippen LogP contribution in [0.5, 0.6) is 0 Å². The van der Waals surface area contributed by atoms with E-state index in [-0.39, 0.29) is 30.9 Å². The smallest absolute Gasteiger partial charge is 0.314 e. The maximum absolute atomic E-state index is 12.0. The van der Waals surface area contributed by atoms with Crippen LogP contribution in [-0.2, 0) is 0 Å². The molecule has 1 rings (SSSR count). The van der Waals surface area contributed by atoms with E-state index in [9.17, 15) is 13.2 Å². The third kappa shape index (κ3) is 5.90. The summed E-state index contributed by atoms with van der Waals surface area (Å²) in [4.78, 5) is 1.45. The Bertz CT molecular complexity index is 154. The Hall–Kier alpha value is 0.290. The third-order valence-corrected chi connectivity index (χ3v) is 2.02. The summed E-state index contributed by atoms with van der Waals surface area (Å²) in [6.45, 7) is 2.81. The Kier molecular flexibility index (Phi) is 8.01. The van der Waals surface area contributed by atoms with Crippen LogP contribution in [0.25, 0.3) is 0 Å². The van der Waals surface area contributed by atoms with E-state index in [1.165, 1.54) is 4.90 Å². The molecule has 1 aliphatic rings. The van der Waals surface area contributed by atoms with Gasteiger partial charge in [-0.25, -0.2) is 0 Å². The average Bonchev–Trinajstić information content (AvgIpc) is 1.91. The van der Waals surface area contributed by atoms with Crippen molar-refractivity contribution < 1.29 is 13.2 Å². The summed E-state index contributed by atoms with van der Waals surface area (Å²) in [5.74, 6) is 0. The molecule has 1 fully saturated rings. The molecule has 0 aromatic heterocycles. The molecule has 1 unspecified atom stereocenters. The first kappa shape index (κ1) is 16.7. The van der Waals surface area contributed by atoms with Crippen molar-refractivity contribution in [3.05, 3.63) is 0 Å². The number of nitrogens with one attached hydrogen (secondary N) is 1. The SMILES string of the molecule is CC1CNCCN1CC(F)(F)F.Cl.Cl. The standard InChI is InChI=1S/C7H13F3N2.2ClH/c1-6-4-11-2-3-12(6)5-7(8,9)10;;/h6,11H,2-5H2,1H3;2*1H. The van der Waals surface area contributed by atoms with Crippen LogP contribution in [0.4, 0.5) is 13.2 Å². The molecule has 0 aliphatic carbocycles. The fourth-order valence-corrected chi connectivity index (χ4v) is 1.35. The summed E-state index contributed by atoms with van der Waals surface area (Å²) in [6, 6.07) is -0.0135. The van der Waals surface area contributed by atoms with Crippen molar-refractivity contribution in [3.63, 3.8) is 0 Å². The van der Waals surface area contributed by atoms with Gasteiger partial charge in [0.2, 0.25) is 0 Å². The second-order valence-corrected chi connectivity index (χ2v) is 3.14. The van der Waals surface area contributed by atoms with E-state index in [1.807, 2.05) is 0 Å². The Morgan fingerprint density at radius 2 is 1.93 bits per heavy atom. The Balaban J connectivity index is 0. The van der Waals surface area contributed by atoms with Gasteiger partial charge in [-0.1, -0.05) is 0 Å². The molecule has 1 aliphatic heterocycles. The van der Waals surface area contributed by atoms with E-state index >= 15 is 0 Å². The topological polar surface area (TPSA) is 15.3 Å². The van der Waals surface area contributed by atoms with E-state index in [2.05, 4.69) is 5.32 Å². The highest BCUT2D eigenvalue weighted by Gasteiger charge is 2.33. The van der Waals surface area contributed by atoms with Gasteiger partial charge in [0.1, 0.15) is 0 Å². The average molecular weight is 255 g/mol. The second kappa shape index (κ2) is 6.71. The summed E-state index contributed by atoms with van der Waals surface area (Å²) < 4.78 is 35.9. The number of halogens is 5. The minimum absolute atomic E-state index is 0. The molecule has 2 nitrogen and oxygen atoms in total. The van der Waals surface area contributed by atoms with E-state index in [1.54, 1.807) is 6.92 Å². The largest absolute Gasteiger partial charge is 0.401 e. The Morgan fingerprint density at radius 1 is 1.36 bits per heavy atom. The molecule has 0 amide bonds. The van der Waals surface area contributed by atoms with E-state index < -0.39 is 12.7 Å². The van der Waals surface area contributed by atoms with Crippen molar-refractivity contribution in [2.75, 3.05) is 26.2 Å². The molecule has 7 heteroatoms. The van der Waals surface area contributed by atoms with Gasteiger partial charge in [0.05, 0.1) is 6.54 Å². The minimum Gasteiger partial charge on any atom is -0.314 e. The number of alkyl halides is 3. The third-order valence-electron chi connectivity index (χ3n) is 2.02. The van der Waals surface area contributed by atoms with Crippen molar-refractivity contribution in [2.24, 2.45) is 0 Å². The van der Waals surface area contributed by atoms with Gasteiger partial charge < -0.3 is 5.32 Å². The molecule has 1 N–H and O–H groups in total. The summed E-state index contributed by atoms with van der Waals surface area (Å²) >= 11 is 0. The molecule has 88 valence electrons. The molecule has 0 aromatic rings. The highest BCUT2D eigenvalue weighted by molar-refractivity contribution is 5.85.